The molecule has 1 N–H and O–H groups in total. The van der Waals surface area contributed by atoms with Crippen LogP contribution < -0.4 is 4.74 Å². The van der Waals surface area contributed by atoms with Crippen molar-refractivity contribution in [3.05, 3.63) is 65.4 Å². The Labute approximate surface area is 143 Å². The number of pyridine rings is 1. The number of fused-ring (bicyclic) bond motifs is 1. The highest BCUT2D eigenvalue weighted by atomic mass is 32.1. The summed E-state index contributed by atoms with van der Waals surface area (Å²) in [6.45, 7) is 0. The summed E-state index contributed by atoms with van der Waals surface area (Å²) in [5.74, 6) is 1.47. The molecule has 0 aliphatic carbocycles. The Bertz CT molecular complexity index is 1070. The molecule has 0 saturated carbocycles. The van der Waals surface area contributed by atoms with Gasteiger partial charge in [-0.3, -0.25) is 9.67 Å². The molecule has 0 unspecified atom stereocenters. The van der Waals surface area contributed by atoms with Gasteiger partial charge in [0, 0.05) is 5.39 Å². The fourth-order valence-corrected chi connectivity index (χ4v) is 2.87. The van der Waals surface area contributed by atoms with Crippen LogP contribution in [0.3, 0.4) is 0 Å². The van der Waals surface area contributed by atoms with Crippen molar-refractivity contribution in [2.75, 3.05) is 7.11 Å². The lowest BCUT2D eigenvalue weighted by atomic mass is 10.2. The van der Waals surface area contributed by atoms with Crippen LogP contribution in [0.15, 0.2) is 60.7 Å². The first kappa shape index (κ1) is 14.6. The van der Waals surface area contributed by atoms with Crippen molar-refractivity contribution >= 4 is 23.1 Å². The minimum atomic E-state index is 0.519. The molecule has 2 heterocycles. The molecule has 24 heavy (non-hydrogen) atoms. The zero-order valence-electron chi connectivity index (χ0n) is 12.9. The maximum absolute atomic E-state index is 5.40. The Morgan fingerprint density at radius 2 is 1.79 bits per heavy atom. The molecule has 118 valence electrons. The Kier molecular flexibility index (Phi) is 3.59. The number of nitrogens with zero attached hydrogens (tertiary/aromatic N) is 3. The summed E-state index contributed by atoms with van der Waals surface area (Å²) in [4.78, 5) is 4.70. The van der Waals surface area contributed by atoms with Gasteiger partial charge in [-0.15, -0.1) is 0 Å². The monoisotopic (exact) mass is 334 g/mol. The van der Waals surface area contributed by atoms with Gasteiger partial charge in [0.2, 0.25) is 0 Å². The quantitative estimate of drug-likeness (QED) is 0.572. The number of hydrogen-bond acceptors (Lipinski definition) is 4. The Hall–Kier alpha value is -2.99. The normalized spacial score (nSPS) is 10.9. The molecule has 0 saturated heterocycles. The average Bonchev–Trinajstić information content (AvgIpc) is 3.03. The molecule has 0 atom stereocenters. The molecule has 0 spiro atoms. The number of aromatic nitrogens is 4. The van der Waals surface area contributed by atoms with Crippen LogP contribution in [0.25, 0.3) is 28.1 Å². The number of para-hydroxylation sites is 1. The van der Waals surface area contributed by atoms with Gasteiger partial charge >= 0.3 is 0 Å². The van der Waals surface area contributed by atoms with Crippen LogP contribution in [0.1, 0.15) is 0 Å². The molecule has 2 aromatic heterocycles. The summed E-state index contributed by atoms with van der Waals surface area (Å²) in [5, 5.41) is 8.31. The third-order valence-electron chi connectivity index (χ3n) is 3.83. The number of rotatable bonds is 3. The summed E-state index contributed by atoms with van der Waals surface area (Å²) >= 11 is 5.40. The van der Waals surface area contributed by atoms with Gasteiger partial charge in [0.15, 0.2) is 10.6 Å². The number of aromatic amines is 1. The van der Waals surface area contributed by atoms with Crippen molar-refractivity contribution < 1.29 is 4.74 Å². The molecule has 0 aliphatic heterocycles. The van der Waals surface area contributed by atoms with E-state index in [1.54, 1.807) is 7.11 Å². The number of benzene rings is 2. The van der Waals surface area contributed by atoms with Crippen LogP contribution in [0, 0.1) is 4.77 Å². The highest BCUT2D eigenvalue weighted by molar-refractivity contribution is 7.71. The highest BCUT2D eigenvalue weighted by Gasteiger charge is 2.12. The topological polar surface area (TPSA) is 55.7 Å². The summed E-state index contributed by atoms with van der Waals surface area (Å²) in [7, 11) is 1.64. The molecule has 0 radical (unpaired) electrons. The highest BCUT2D eigenvalue weighted by Crippen LogP contribution is 2.23. The van der Waals surface area contributed by atoms with Crippen molar-refractivity contribution in [2.24, 2.45) is 0 Å². The summed E-state index contributed by atoms with van der Waals surface area (Å²) in [5.41, 5.74) is 2.58. The van der Waals surface area contributed by atoms with E-state index in [2.05, 4.69) is 10.2 Å². The number of H-pyrrole nitrogens is 1. The first-order valence-corrected chi connectivity index (χ1v) is 7.85. The van der Waals surface area contributed by atoms with E-state index in [1.807, 2.05) is 65.2 Å². The molecule has 5 nitrogen and oxygen atoms in total. The molecule has 0 bridgehead atoms. The third-order valence-corrected chi connectivity index (χ3v) is 4.10. The van der Waals surface area contributed by atoms with Gasteiger partial charge in [-0.25, -0.2) is 4.98 Å². The van der Waals surface area contributed by atoms with E-state index in [9.17, 15) is 0 Å². The maximum Gasteiger partial charge on any atom is 0.200 e. The van der Waals surface area contributed by atoms with Crippen LogP contribution in [0.2, 0.25) is 0 Å². The lowest BCUT2D eigenvalue weighted by Gasteiger charge is -2.08. The van der Waals surface area contributed by atoms with Crippen LogP contribution in [-0.2, 0) is 0 Å². The molecule has 4 rings (SSSR count). The van der Waals surface area contributed by atoms with Crippen molar-refractivity contribution in [3.63, 3.8) is 0 Å². The molecular weight excluding hydrogens is 320 g/mol. The minimum absolute atomic E-state index is 0.519. The molecule has 2 aromatic carbocycles. The molecule has 4 aromatic rings. The van der Waals surface area contributed by atoms with Gasteiger partial charge in [0.25, 0.3) is 0 Å². The van der Waals surface area contributed by atoms with Gasteiger partial charge < -0.3 is 4.74 Å². The van der Waals surface area contributed by atoms with Crippen molar-refractivity contribution in [1.29, 1.82) is 0 Å². The van der Waals surface area contributed by atoms with Crippen LogP contribution in [-0.4, -0.2) is 26.9 Å². The summed E-state index contributed by atoms with van der Waals surface area (Å²) < 4.78 is 7.59. The predicted molar refractivity (Wildman–Crippen MR) is 96.0 cm³/mol. The van der Waals surface area contributed by atoms with Gasteiger partial charge in [-0.05, 0) is 48.6 Å². The van der Waals surface area contributed by atoms with E-state index in [1.165, 1.54) is 0 Å². The molecule has 0 amide bonds. The Morgan fingerprint density at radius 1 is 1.00 bits per heavy atom. The number of nitrogens with one attached hydrogen (secondary N) is 1. The Balaban J connectivity index is 1.87. The van der Waals surface area contributed by atoms with Crippen LogP contribution >= 0.6 is 12.2 Å². The first-order valence-electron chi connectivity index (χ1n) is 7.44. The predicted octanol–water partition coefficient (Wildman–Crippen LogP) is 4.15. The van der Waals surface area contributed by atoms with E-state index < -0.39 is 0 Å². The molecule has 0 aliphatic rings. The smallest absolute Gasteiger partial charge is 0.200 e. The fourth-order valence-electron chi connectivity index (χ4n) is 2.63. The van der Waals surface area contributed by atoms with Gasteiger partial charge in [0.05, 0.1) is 18.3 Å². The van der Waals surface area contributed by atoms with Crippen molar-refractivity contribution in [2.45, 2.75) is 0 Å². The van der Waals surface area contributed by atoms with Crippen molar-refractivity contribution in [3.8, 4) is 23.0 Å². The second-order valence-corrected chi connectivity index (χ2v) is 5.66. The van der Waals surface area contributed by atoms with Gasteiger partial charge in [-0.2, -0.15) is 5.10 Å². The van der Waals surface area contributed by atoms with E-state index in [0.29, 0.717) is 10.6 Å². The lowest BCUT2D eigenvalue weighted by Crippen LogP contribution is -1.99. The molecule has 6 heteroatoms. The summed E-state index contributed by atoms with van der Waals surface area (Å²) in [6.07, 6.45) is 0. The maximum atomic E-state index is 5.40. The number of methoxy groups -OCH3 is 1. The largest absolute Gasteiger partial charge is 0.497 e. The number of ether oxygens (including phenoxy) is 1. The third kappa shape index (κ3) is 2.47. The Morgan fingerprint density at radius 3 is 2.58 bits per heavy atom. The van der Waals surface area contributed by atoms with Gasteiger partial charge in [0.1, 0.15) is 11.4 Å². The van der Waals surface area contributed by atoms with Crippen molar-refractivity contribution in [1.82, 2.24) is 19.7 Å². The van der Waals surface area contributed by atoms with E-state index >= 15 is 0 Å². The SMILES string of the molecule is COc1ccc(-n2c(-c3ccc4ccccc4n3)n[nH]c2=S)cc1. The van der Waals surface area contributed by atoms with E-state index in [0.717, 1.165) is 28.0 Å². The van der Waals surface area contributed by atoms with Crippen LogP contribution in [0.4, 0.5) is 0 Å². The lowest BCUT2D eigenvalue weighted by molar-refractivity contribution is 0.414. The first-order chi connectivity index (χ1) is 11.8. The fraction of sp³-hybridized carbons (Fsp3) is 0.0556. The van der Waals surface area contributed by atoms with Crippen LogP contribution in [0.5, 0.6) is 5.75 Å². The van der Waals surface area contributed by atoms with E-state index in [-0.39, 0.29) is 0 Å². The molecule has 0 fully saturated rings. The second-order valence-electron chi connectivity index (χ2n) is 5.27. The standard InChI is InChI=1S/C18H14N4OS/c1-23-14-9-7-13(8-10-14)22-17(20-21-18(22)24)16-11-6-12-4-2-3-5-15(12)19-16/h2-11H,1H3,(H,21,24). The minimum Gasteiger partial charge on any atom is -0.497 e. The summed E-state index contributed by atoms with van der Waals surface area (Å²) in [6, 6.07) is 19.6. The van der Waals surface area contributed by atoms with E-state index in [4.69, 9.17) is 21.9 Å². The zero-order valence-corrected chi connectivity index (χ0v) is 13.7. The second kappa shape index (κ2) is 5.90. The molecular formula is C18H14N4OS. The zero-order chi connectivity index (χ0) is 16.5. The average molecular weight is 334 g/mol. The number of hydrogen-bond donors (Lipinski definition) is 1. The van der Waals surface area contributed by atoms with Gasteiger partial charge in [-0.1, -0.05) is 24.3 Å².